The number of carbonyl (C=O) groups excluding carboxylic acids is 1. The maximum atomic E-state index is 12.3. The van der Waals surface area contributed by atoms with E-state index in [1.54, 1.807) is 42.7 Å². The number of amides is 1. The Bertz CT molecular complexity index is 825. The van der Waals surface area contributed by atoms with Crippen molar-refractivity contribution in [3.63, 3.8) is 0 Å². The number of nitrogens with one attached hydrogen (secondary N) is 1. The fraction of sp³-hybridized carbons (Fsp3) is 0. The Morgan fingerprint density at radius 2 is 1.96 bits per heavy atom. The van der Waals surface area contributed by atoms with Gasteiger partial charge in [-0.15, -0.1) is 0 Å². The summed E-state index contributed by atoms with van der Waals surface area (Å²) in [5, 5.41) is 2.87. The van der Waals surface area contributed by atoms with Crippen LogP contribution in [0.5, 0.6) is 11.6 Å². The second-order valence-electron chi connectivity index (χ2n) is 4.61. The molecule has 0 aliphatic heterocycles. The molecule has 0 aliphatic carbocycles. The van der Waals surface area contributed by atoms with E-state index in [0.717, 1.165) is 3.57 Å². The molecule has 6 heteroatoms. The van der Waals surface area contributed by atoms with Crippen LogP contribution in [0, 0.1) is 3.57 Å². The van der Waals surface area contributed by atoms with Crippen LogP contribution in [-0.4, -0.2) is 15.9 Å². The van der Waals surface area contributed by atoms with Gasteiger partial charge in [-0.05, 0) is 46.9 Å². The summed E-state index contributed by atoms with van der Waals surface area (Å²) in [6.45, 7) is 0. The third-order valence-electron chi connectivity index (χ3n) is 2.97. The van der Waals surface area contributed by atoms with Crippen LogP contribution in [0.1, 0.15) is 10.4 Å². The van der Waals surface area contributed by atoms with Gasteiger partial charge in [-0.25, -0.2) is 4.98 Å². The average Bonchev–Trinajstić information content (AvgIpc) is 2.56. The minimum Gasteiger partial charge on any atom is -0.437 e. The molecular weight excluding hydrogens is 405 g/mol. The molecule has 2 aromatic carbocycles. The largest absolute Gasteiger partial charge is 0.437 e. The van der Waals surface area contributed by atoms with Gasteiger partial charge in [0.25, 0.3) is 5.91 Å². The van der Waals surface area contributed by atoms with Crippen molar-refractivity contribution in [3.05, 3.63) is 76.3 Å². The van der Waals surface area contributed by atoms with Crippen molar-refractivity contribution in [2.75, 3.05) is 5.32 Å². The third-order valence-corrected chi connectivity index (χ3v) is 3.91. The summed E-state index contributed by atoms with van der Waals surface area (Å²) in [6.07, 6.45) is 4.65. The van der Waals surface area contributed by atoms with E-state index in [-0.39, 0.29) is 5.91 Å². The molecule has 1 amide bonds. The highest BCUT2D eigenvalue weighted by Gasteiger charge is 2.10. The molecule has 1 N–H and O–H groups in total. The van der Waals surface area contributed by atoms with E-state index in [9.17, 15) is 4.79 Å². The van der Waals surface area contributed by atoms with E-state index in [2.05, 4.69) is 37.9 Å². The van der Waals surface area contributed by atoms with Crippen LogP contribution in [0.25, 0.3) is 0 Å². The standard InChI is InChI=1S/C17H12IN3O2/c18-15-7-2-1-6-14(15)17(22)21-12-4-3-5-13(10-12)23-16-11-19-8-9-20-16/h1-11H,(H,21,22). The minimum atomic E-state index is -0.161. The van der Waals surface area contributed by atoms with Gasteiger partial charge >= 0.3 is 0 Å². The fourth-order valence-corrected chi connectivity index (χ4v) is 2.57. The Labute approximate surface area is 146 Å². The number of hydrogen-bond acceptors (Lipinski definition) is 4. The van der Waals surface area contributed by atoms with E-state index in [4.69, 9.17) is 4.74 Å². The van der Waals surface area contributed by atoms with Crippen LogP contribution in [0.15, 0.2) is 67.1 Å². The predicted molar refractivity (Wildman–Crippen MR) is 95.7 cm³/mol. The molecule has 0 fully saturated rings. The maximum Gasteiger partial charge on any atom is 0.256 e. The molecule has 0 unspecified atom stereocenters. The SMILES string of the molecule is O=C(Nc1cccc(Oc2cnccn2)c1)c1ccccc1I. The Morgan fingerprint density at radius 3 is 2.74 bits per heavy atom. The zero-order valence-electron chi connectivity index (χ0n) is 11.9. The smallest absolute Gasteiger partial charge is 0.256 e. The first-order chi connectivity index (χ1) is 11.2. The van der Waals surface area contributed by atoms with Gasteiger partial charge in [-0.1, -0.05) is 18.2 Å². The normalized spacial score (nSPS) is 10.1. The van der Waals surface area contributed by atoms with Crippen molar-refractivity contribution < 1.29 is 9.53 Å². The van der Waals surface area contributed by atoms with Crippen LogP contribution in [-0.2, 0) is 0 Å². The highest BCUT2D eigenvalue weighted by atomic mass is 127. The molecule has 0 aliphatic rings. The van der Waals surface area contributed by atoms with E-state index >= 15 is 0 Å². The predicted octanol–water partition coefficient (Wildman–Crippen LogP) is 4.13. The maximum absolute atomic E-state index is 12.3. The number of carbonyl (C=O) groups is 1. The average molecular weight is 417 g/mol. The topological polar surface area (TPSA) is 64.1 Å². The highest BCUT2D eigenvalue weighted by molar-refractivity contribution is 14.1. The molecule has 0 saturated heterocycles. The van der Waals surface area contributed by atoms with Gasteiger partial charge in [0.1, 0.15) is 5.75 Å². The Balaban J connectivity index is 1.75. The number of anilines is 1. The summed E-state index contributed by atoms with van der Waals surface area (Å²) >= 11 is 2.14. The number of aromatic nitrogens is 2. The second-order valence-corrected chi connectivity index (χ2v) is 5.77. The zero-order valence-corrected chi connectivity index (χ0v) is 14.1. The minimum absolute atomic E-state index is 0.161. The highest BCUT2D eigenvalue weighted by Crippen LogP contribution is 2.23. The molecule has 5 nitrogen and oxygen atoms in total. The second kappa shape index (κ2) is 7.19. The van der Waals surface area contributed by atoms with Crippen LogP contribution < -0.4 is 10.1 Å². The monoisotopic (exact) mass is 417 g/mol. The van der Waals surface area contributed by atoms with Gasteiger partial charge in [-0.3, -0.25) is 9.78 Å². The fourth-order valence-electron chi connectivity index (χ4n) is 1.94. The van der Waals surface area contributed by atoms with Gasteiger partial charge < -0.3 is 10.1 Å². The van der Waals surface area contributed by atoms with Gasteiger partial charge in [0.15, 0.2) is 0 Å². The van der Waals surface area contributed by atoms with Gasteiger partial charge in [0, 0.05) is 27.7 Å². The number of ether oxygens (including phenoxy) is 1. The lowest BCUT2D eigenvalue weighted by Gasteiger charge is -2.09. The summed E-state index contributed by atoms with van der Waals surface area (Å²) < 4.78 is 6.50. The first-order valence-electron chi connectivity index (χ1n) is 6.82. The van der Waals surface area contributed by atoms with Crippen molar-refractivity contribution in [2.45, 2.75) is 0 Å². The zero-order chi connectivity index (χ0) is 16.1. The summed E-state index contributed by atoms with van der Waals surface area (Å²) in [6, 6.07) is 14.5. The van der Waals surface area contributed by atoms with Gasteiger partial charge in [-0.2, -0.15) is 0 Å². The summed E-state index contributed by atoms with van der Waals surface area (Å²) in [7, 11) is 0. The molecule has 23 heavy (non-hydrogen) atoms. The number of hydrogen-bond donors (Lipinski definition) is 1. The van der Waals surface area contributed by atoms with Crippen molar-refractivity contribution >= 4 is 34.2 Å². The number of benzene rings is 2. The lowest BCUT2D eigenvalue weighted by atomic mass is 10.2. The van der Waals surface area contributed by atoms with E-state index < -0.39 is 0 Å². The molecule has 3 aromatic rings. The lowest BCUT2D eigenvalue weighted by molar-refractivity contribution is 0.102. The molecular formula is C17H12IN3O2. The van der Waals surface area contributed by atoms with E-state index in [1.165, 1.54) is 6.20 Å². The number of rotatable bonds is 4. The number of nitrogens with zero attached hydrogens (tertiary/aromatic N) is 2. The van der Waals surface area contributed by atoms with Crippen molar-refractivity contribution in [2.24, 2.45) is 0 Å². The molecule has 1 aromatic heterocycles. The molecule has 0 spiro atoms. The van der Waals surface area contributed by atoms with Crippen molar-refractivity contribution in [1.82, 2.24) is 9.97 Å². The first kappa shape index (κ1) is 15.4. The number of halogens is 1. The molecule has 3 rings (SSSR count). The summed E-state index contributed by atoms with van der Waals surface area (Å²) in [5.41, 5.74) is 1.28. The van der Waals surface area contributed by atoms with Gasteiger partial charge in [0.05, 0.1) is 11.8 Å². The van der Waals surface area contributed by atoms with Crippen LogP contribution >= 0.6 is 22.6 Å². The van der Waals surface area contributed by atoms with Crippen molar-refractivity contribution in [3.8, 4) is 11.6 Å². The molecule has 1 heterocycles. The van der Waals surface area contributed by atoms with Crippen LogP contribution in [0.3, 0.4) is 0 Å². The third kappa shape index (κ3) is 4.04. The lowest BCUT2D eigenvalue weighted by Crippen LogP contribution is -2.13. The van der Waals surface area contributed by atoms with E-state index in [1.807, 2.05) is 18.2 Å². The first-order valence-corrected chi connectivity index (χ1v) is 7.90. The van der Waals surface area contributed by atoms with Crippen molar-refractivity contribution in [1.29, 1.82) is 0 Å². The Morgan fingerprint density at radius 1 is 1.09 bits per heavy atom. The van der Waals surface area contributed by atoms with Gasteiger partial charge in [0.2, 0.25) is 5.88 Å². The molecule has 0 bridgehead atoms. The molecule has 0 atom stereocenters. The van der Waals surface area contributed by atoms with E-state index in [0.29, 0.717) is 22.9 Å². The summed E-state index contributed by atoms with van der Waals surface area (Å²) in [5.74, 6) is 0.811. The molecule has 114 valence electrons. The summed E-state index contributed by atoms with van der Waals surface area (Å²) in [4.78, 5) is 20.3. The van der Waals surface area contributed by atoms with Crippen LogP contribution in [0.2, 0.25) is 0 Å². The Kier molecular flexibility index (Phi) is 4.82. The molecule has 0 radical (unpaired) electrons. The van der Waals surface area contributed by atoms with Crippen LogP contribution in [0.4, 0.5) is 5.69 Å². The quantitative estimate of drug-likeness (QED) is 0.649. The Hall–Kier alpha value is -2.48. The molecule has 0 saturated carbocycles.